The highest BCUT2D eigenvalue weighted by Crippen LogP contribution is 2.43. The first-order chi connectivity index (χ1) is 6.61. The molecule has 0 aliphatic rings. The van der Waals surface area contributed by atoms with Gasteiger partial charge in [0.15, 0.2) is 0 Å². The second-order valence-corrected chi connectivity index (χ2v) is 4.39. The van der Waals surface area contributed by atoms with Gasteiger partial charge in [0.25, 0.3) is 0 Å². The third kappa shape index (κ3) is 2.35. The Morgan fingerprint density at radius 1 is 1.43 bits per heavy atom. The smallest absolute Gasteiger partial charge is 0.362 e. The fraction of sp³-hybridized carbons (Fsp3) is 0.333. The summed E-state index contributed by atoms with van der Waals surface area (Å²) in [5.74, 6) is 0.367. The molecule has 1 atom stereocenters. The van der Waals surface area contributed by atoms with Gasteiger partial charge in [0.05, 0.1) is 13.7 Å². The number of methoxy groups -OCH3 is 1. The summed E-state index contributed by atoms with van der Waals surface area (Å²) in [7, 11) is -2.27. The van der Waals surface area contributed by atoms with Crippen LogP contribution in [-0.2, 0) is 9.09 Å². The number of hydrogen-bond donors (Lipinski definition) is 1. The lowest BCUT2D eigenvalue weighted by Crippen LogP contribution is -2.10. The van der Waals surface area contributed by atoms with E-state index in [4.69, 9.17) is 9.26 Å². The molecule has 0 saturated heterocycles. The van der Waals surface area contributed by atoms with Gasteiger partial charge in [0.2, 0.25) is 0 Å². The van der Waals surface area contributed by atoms with Crippen molar-refractivity contribution in [3.63, 3.8) is 0 Å². The van der Waals surface area contributed by atoms with Crippen LogP contribution in [0, 0.1) is 0 Å². The lowest BCUT2D eigenvalue weighted by atomic mass is 10.3. The summed E-state index contributed by atoms with van der Waals surface area (Å²) in [5, 5.41) is 0.198. The van der Waals surface area contributed by atoms with Crippen LogP contribution in [0.3, 0.4) is 0 Å². The van der Waals surface area contributed by atoms with Crippen molar-refractivity contribution in [2.75, 3.05) is 13.7 Å². The van der Waals surface area contributed by atoms with Crippen LogP contribution in [0.2, 0.25) is 0 Å². The van der Waals surface area contributed by atoms with E-state index < -0.39 is 7.60 Å². The van der Waals surface area contributed by atoms with E-state index in [1.165, 1.54) is 13.2 Å². The Morgan fingerprint density at radius 2 is 2.07 bits per heavy atom. The average Bonchev–Trinajstić information content (AvgIpc) is 2.18. The molecule has 0 heterocycles. The van der Waals surface area contributed by atoms with E-state index in [0.29, 0.717) is 5.75 Å². The molecule has 14 heavy (non-hydrogen) atoms. The average molecular weight is 216 g/mol. The zero-order chi connectivity index (χ0) is 10.6. The van der Waals surface area contributed by atoms with Gasteiger partial charge < -0.3 is 14.2 Å². The van der Waals surface area contributed by atoms with Crippen molar-refractivity contribution in [3.05, 3.63) is 24.3 Å². The molecule has 0 aliphatic heterocycles. The Bertz CT molecular complexity index is 350. The van der Waals surface area contributed by atoms with Crippen molar-refractivity contribution in [2.24, 2.45) is 0 Å². The van der Waals surface area contributed by atoms with Gasteiger partial charge in [-0.3, -0.25) is 4.57 Å². The number of benzene rings is 1. The molecule has 0 fully saturated rings. The minimum Gasteiger partial charge on any atom is -0.496 e. The summed E-state index contributed by atoms with van der Waals surface area (Å²) >= 11 is 0. The Morgan fingerprint density at radius 3 is 2.64 bits per heavy atom. The Labute approximate surface area is 83.0 Å². The largest absolute Gasteiger partial charge is 0.496 e. The molecule has 78 valence electrons. The second-order valence-electron chi connectivity index (χ2n) is 2.61. The van der Waals surface area contributed by atoms with E-state index in [0.717, 1.165) is 0 Å². The van der Waals surface area contributed by atoms with E-state index >= 15 is 0 Å². The van der Waals surface area contributed by atoms with E-state index in [-0.39, 0.29) is 11.9 Å². The van der Waals surface area contributed by atoms with Crippen molar-refractivity contribution < 1.29 is 18.7 Å². The molecular weight excluding hydrogens is 203 g/mol. The lowest BCUT2D eigenvalue weighted by molar-refractivity contribution is 0.283. The van der Waals surface area contributed by atoms with E-state index in [9.17, 15) is 9.46 Å². The van der Waals surface area contributed by atoms with Crippen LogP contribution < -0.4 is 10.0 Å². The van der Waals surface area contributed by atoms with Crippen LogP contribution in [0.25, 0.3) is 0 Å². The van der Waals surface area contributed by atoms with Crippen molar-refractivity contribution in [2.45, 2.75) is 6.92 Å². The molecule has 1 aromatic rings. The minimum absolute atomic E-state index is 0.186. The zero-order valence-corrected chi connectivity index (χ0v) is 9.03. The topological polar surface area (TPSA) is 55.8 Å². The molecule has 0 aliphatic carbocycles. The third-order valence-corrected chi connectivity index (χ3v) is 3.28. The molecule has 0 aromatic heterocycles. The van der Waals surface area contributed by atoms with Gasteiger partial charge in [-0.15, -0.1) is 0 Å². The summed E-state index contributed by atoms with van der Waals surface area (Å²) in [6.45, 7) is 1.85. The first kappa shape index (κ1) is 11.2. The Kier molecular flexibility index (Phi) is 3.69. The molecule has 1 N–H and O–H groups in total. The van der Waals surface area contributed by atoms with Crippen LogP contribution in [0.15, 0.2) is 24.3 Å². The predicted octanol–water partition coefficient (Wildman–Crippen LogP) is 1.54. The van der Waals surface area contributed by atoms with Gasteiger partial charge in [0, 0.05) is 0 Å². The Hall–Kier alpha value is -0.830. The highest BCUT2D eigenvalue weighted by molar-refractivity contribution is 7.61. The van der Waals surface area contributed by atoms with Crippen LogP contribution in [0.4, 0.5) is 0 Å². The summed E-state index contributed by atoms with van der Waals surface area (Å²) in [4.78, 5) is 9.55. The maximum atomic E-state index is 11.6. The summed E-state index contributed by atoms with van der Waals surface area (Å²) < 4.78 is 21.4. The van der Waals surface area contributed by atoms with Gasteiger partial charge in [-0.05, 0) is 19.1 Å². The van der Waals surface area contributed by atoms with Gasteiger partial charge >= 0.3 is 7.60 Å². The minimum atomic E-state index is -3.72. The van der Waals surface area contributed by atoms with Crippen LogP contribution in [0.1, 0.15) is 6.92 Å². The van der Waals surface area contributed by atoms with Gasteiger partial charge in [-0.1, -0.05) is 12.1 Å². The quantitative estimate of drug-likeness (QED) is 0.775. The van der Waals surface area contributed by atoms with Gasteiger partial charge in [-0.25, -0.2) is 0 Å². The van der Waals surface area contributed by atoms with Gasteiger partial charge in [0.1, 0.15) is 11.1 Å². The fourth-order valence-corrected chi connectivity index (χ4v) is 2.32. The molecule has 0 amide bonds. The monoisotopic (exact) mass is 216 g/mol. The fourth-order valence-electron chi connectivity index (χ4n) is 1.11. The molecule has 1 aromatic carbocycles. The molecule has 1 rings (SSSR count). The normalized spacial score (nSPS) is 14.8. The molecule has 5 heteroatoms. The lowest BCUT2D eigenvalue weighted by Gasteiger charge is -2.13. The molecule has 0 saturated carbocycles. The zero-order valence-electron chi connectivity index (χ0n) is 8.14. The number of ether oxygens (including phenoxy) is 1. The molecular formula is C9H13O4P. The summed E-state index contributed by atoms with van der Waals surface area (Å²) in [6.07, 6.45) is 0. The van der Waals surface area contributed by atoms with E-state index in [1.807, 2.05) is 0 Å². The first-order valence-corrected chi connectivity index (χ1v) is 5.80. The van der Waals surface area contributed by atoms with E-state index in [1.54, 1.807) is 25.1 Å². The second kappa shape index (κ2) is 4.60. The first-order valence-electron chi connectivity index (χ1n) is 4.22. The number of hydrogen-bond acceptors (Lipinski definition) is 3. The molecule has 0 spiro atoms. The van der Waals surface area contributed by atoms with E-state index in [2.05, 4.69) is 0 Å². The van der Waals surface area contributed by atoms with Crippen LogP contribution in [0.5, 0.6) is 5.75 Å². The maximum absolute atomic E-state index is 11.6. The maximum Gasteiger partial charge on any atom is 0.362 e. The van der Waals surface area contributed by atoms with Crippen molar-refractivity contribution in [1.82, 2.24) is 0 Å². The predicted molar refractivity (Wildman–Crippen MR) is 54.1 cm³/mol. The Balaban J connectivity index is 3.11. The highest BCUT2D eigenvalue weighted by atomic mass is 31.2. The number of para-hydroxylation sites is 1. The molecule has 0 radical (unpaired) electrons. The van der Waals surface area contributed by atoms with Crippen molar-refractivity contribution in [1.29, 1.82) is 0 Å². The molecule has 0 bridgehead atoms. The van der Waals surface area contributed by atoms with Crippen molar-refractivity contribution >= 4 is 12.9 Å². The molecule has 1 unspecified atom stereocenters. The highest BCUT2D eigenvalue weighted by Gasteiger charge is 2.25. The summed E-state index contributed by atoms with van der Waals surface area (Å²) in [6, 6.07) is 6.54. The molecule has 4 nitrogen and oxygen atoms in total. The van der Waals surface area contributed by atoms with Crippen molar-refractivity contribution in [3.8, 4) is 5.75 Å². The number of rotatable bonds is 4. The van der Waals surface area contributed by atoms with Gasteiger partial charge in [-0.2, -0.15) is 0 Å². The SMILES string of the molecule is CCOP(=O)(O)c1ccccc1OC. The van der Waals surface area contributed by atoms with Crippen LogP contribution >= 0.6 is 7.60 Å². The standard InChI is InChI=1S/C9H13O4P/c1-3-13-14(10,11)9-7-5-4-6-8(9)12-2/h4-7H,3H2,1-2H3,(H,10,11). The third-order valence-electron chi connectivity index (χ3n) is 1.69. The van der Waals surface area contributed by atoms with Crippen LogP contribution in [-0.4, -0.2) is 18.6 Å². The summed E-state index contributed by atoms with van der Waals surface area (Å²) in [5.41, 5.74) is 0.